The number of nitrogens with zero attached hydrogens (tertiary/aromatic N) is 2. The normalized spacial score (nSPS) is 14.7. The lowest BCUT2D eigenvalue weighted by Gasteiger charge is -2.40. The fourth-order valence-electron chi connectivity index (χ4n) is 2.57. The van der Waals surface area contributed by atoms with Gasteiger partial charge in [0.15, 0.2) is 0 Å². The molecule has 21 heavy (non-hydrogen) atoms. The third kappa shape index (κ3) is 4.06. The Hall–Kier alpha value is -1.84. The molecule has 1 saturated heterocycles. The van der Waals surface area contributed by atoms with E-state index < -0.39 is 0 Å². The molecule has 1 fully saturated rings. The lowest BCUT2D eigenvalue weighted by Crippen LogP contribution is -2.55. The number of rotatable bonds is 6. The van der Waals surface area contributed by atoms with E-state index in [9.17, 15) is 9.59 Å². The van der Waals surface area contributed by atoms with Gasteiger partial charge in [0, 0.05) is 33.1 Å². The van der Waals surface area contributed by atoms with Gasteiger partial charge in [-0.2, -0.15) is 0 Å². The third-order valence-electron chi connectivity index (χ3n) is 3.99. The van der Waals surface area contributed by atoms with Gasteiger partial charge in [-0.05, 0) is 12.0 Å². The number of likely N-dealkylation sites (tertiary alicyclic amines) is 1. The highest BCUT2D eigenvalue weighted by Gasteiger charge is 2.36. The van der Waals surface area contributed by atoms with E-state index in [0.29, 0.717) is 19.6 Å². The minimum atomic E-state index is -0.0190. The molecule has 2 rings (SSSR count). The first-order valence-corrected chi connectivity index (χ1v) is 7.70. The maximum Gasteiger partial charge on any atom is 0.229 e. The van der Waals surface area contributed by atoms with Gasteiger partial charge in [-0.1, -0.05) is 43.7 Å². The molecule has 1 aliphatic heterocycles. The van der Waals surface area contributed by atoms with Gasteiger partial charge < -0.3 is 9.80 Å². The van der Waals surface area contributed by atoms with Crippen molar-refractivity contribution in [1.29, 1.82) is 0 Å². The molecule has 0 unspecified atom stereocenters. The summed E-state index contributed by atoms with van der Waals surface area (Å²) in [4.78, 5) is 27.5. The van der Waals surface area contributed by atoms with Crippen molar-refractivity contribution in [3.05, 3.63) is 35.9 Å². The van der Waals surface area contributed by atoms with E-state index >= 15 is 0 Å². The topological polar surface area (TPSA) is 40.6 Å². The summed E-state index contributed by atoms with van der Waals surface area (Å²) in [6.45, 7) is 6.29. The van der Waals surface area contributed by atoms with Crippen LogP contribution in [-0.4, -0.2) is 41.2 Å². The SMILES string of the molecule is CCCCN(Cc1ccccc1)C(=O)C1CN(C(C)=O)C1. The summed E-state index contributed by atoms with van der Waals surface area (Å²) in [6.07, 6.45) is 2.09. The van der Waals surface area contributed by atoms with E-state index in [0.717, 1.165) is 24.9 Å². The van der Waals surface area contributed by atoms with E-state index in [-0.39, 0.29) is 17.7 Å². The summed E-state index contributed by atoms with van der Waals surface area (Å²) in [7, 11) is 0. The standard InChI is InChI=1S/C17H24N2O2/c1-3-4-10-18(11-15-8-6-5-7-9-15)17(21)16-12-19(13-16)14(2)20/h5-9,16H,3-4,10-13H2,1-2H3. The van der Waals surface area contributed by atoms with Crippen molar-refractivity contribution in [3.8, 4) is 0 Å². The summed E-state index contributed by atoms with van der Waals surface area (Å²) >= 11 is 0. The first kappa shape index (κ1) is 15.5. The number of hydrogen-bond acceptors (Lipinski definition) is 2. The molecule has 1 aromatic carbocycles. The monoisotopic (exact) mass is 288 g/mol. The summed E-state index contributed by atoms with van der Waals surface area (Å²) in [5.74, 6) is 0.224. The molecule has 1 aromatic rings. The first-order valence-electron chi connectivity index (χ1n) is 7.70. The van der Waals surface area contributed by atoms with Gasteiger partial charge in [-0.25, -0.2) is 0 Å². The van der Waals surface area contributed by atoms with Crippen molar-refractivity contribution in [2.45, 2.75) is 33.2 Å². The lowest BCUT2D eigenvalue weighted by molar-refractivity contribution is -0.147. The zero-order valence-electron chi connectivity index (χ0n) is 12.9. The van der Waals surface area contributed by atoms with Crippen LogP contribution in [0.15, 0.2) is 30.3 Å². The van der Waals surface area contributed by atoms with E-state index in [1.54, 1.807) is 11.8 Å². The van der Waals surface area contributed by atoms with Gasteiger partial charge in [0.25, 0.3) is 0 Å². The zero-order chi connectivity index (χ0) is 15.2. The van der Waals surface area contributed by atoms with Crippen molar-refractivity contribution in [2.24, 2.45) is 5.92 Å². The highest BCUT2D eigenvalue weighted by Crippen LogP contribution is 2.20. The van der Waals surface area contributed by atoms with Crippen molar-refractivity contribution in [3.63, 3.8) is 0 Å². The summed E-state index contributed by atoms with van der Waals surface area (Å²) in [5.41, 5.74) is 1.16. The molecule has 1 heterocycles. The Morgan fingerprint density at radius 3 is 2.48 bits per heavy atom. The predicted octanol–water partition coefficient (Wildman–Crippen LogP) is 2.29. The van der Waals surface area contributed by atoms with Crippen LogP contribution in [0.5, 0.6) is 0 Å². The lowest BCUT2D eigenvalue weighted by atomic mass is 9.98. The summed E-state index contributed by atoms with van der Waals surface area (Å²) in [6, 6.07) is 10.1. The molecule has 4 heteroatoms. The van der Waals surface area contributed by atoms with Crippen LogP contribution in [0.2, 0.25) is 0 Å². The minimum absolute atomic E-state index is 0.0190. The van der Waals surface area contributed by atoms with Crippen molar-refractivity contribution in [1.82, 2.24) is 9.80 Å². The average Bonchev–Trinajstić information content (AvgIpc) is 2.42. The Morgan fingerprint density at radius 2 is 1.90 bits per heavy atom. The Morgan fingerprint density at radius 1 is 1.24 bits per heavy atom. The second-order valence-corrected chi connectivity index (χ2v) is 5.72. The van der Waals surface area contributed by atoms with Gasteiger partial charge in [0.2, 0.25) is 11.8 Å². The van der Waals surface area contributed by atoms with Crippen LogP contribution in [0.1, 0.15) is 32.3 Å². The molecule has 0 saturated carbocycles. The van der Waals surface area contributed by atoms with Crippen LogP contribution < -0.4 is 0 Å². The fourth-order valence-corrected chi connectivity index (χ4v) is 2.57. The zero-order valence-corrected chi connectivity index (χ0v) is 12.9. The molecular weight excluding hydrogens is 264 g/mol. The van der Waals surface area contributed by atoms with Crippen molar-refractivity contribution < 1.29 is 9.59 Å². The molecule has 4 nitrogen and oxygen atoms in total. The van der Waals surface area contributed by atoms with Gasteiger partial charge in [-0.3, -0.25) is 9.59 Å². The first-order chi connectivity index (χ1) is 10.1. The molecule has 0 atom stereocenters. The van der Waals surface area contributed by atoms with Crippen molar-refractivity contribution in [2.75, 3.05) is 19.6 Å². The van der Waals surface area contributed by atoms with Gasteiger partial charge in [0.05, 0.1) is 5.92 Å². The number of hydrogen-bond donors (Lipinski definition) is 0. The molecular formula is C17H24N2O2. The number of amides is 2. The van der Waals surface area contributed by atoms with E-state index in [4.69, 9.17) is 0 Å². The molecule has 1 aliphatic rings. The number of carbonyl (C=O) groups is 2. The van der Waals surface area contributed by atoms with E-state index in [1.807, 2.05) is 23.1 Å². The summed E-state index contributed by atoms with van der Waals surface area (Å²) < 4.78 is 0. The van der Waals surface area contributed by atoms with Gasteiger partial charge >= 0.3 is 0 Å². The fraction of sp³-hybridized carbons (Fsp3) is 0.529. The Balaban J connectivity index is 1.96. The smallest absolute Gasteiger partial charge is 0.229 e. The molecule has 0 aliphatic carbocycles. The average molecular weight is 288 g/mol. The van der Waals surface area contributed by atoms with Crippen LogP contribution in [0.25, 0.3) is 0 Å². The van der Waals surface area contributed by atoms with Gasteiger partial charge in [0.1, 0.15) is 0 Å². The maximum absolute atomic E-state index is 12.6. The molecule has 114 valence electrons. The largest absolute Gasteiger partial charge is 0.341 e. The van der Waals surface area contributed by atoms with Crippen molar-refractivity contribution >= 4 is 11.8 Å². The van der Waals surface area contributed by atoms with Crippen LogP contribution in [0, 0.1) is 5.92 Å². The third-order valence-corrected chi connectivity index (χ3v) is 3.99. The molecule has 0 radical (unpaired) electrons. The molecule has 0 bridgehead atoms. The minimum Gasteiger partial charge on any atom is -0.341 e. The van der Waals surface area contributed by atoms with Crippen LogP contribution in [0.4, 0.5) is 0 Å². The van der Waals surface area contributed by atoms with E-state index in [1.165, 1.54) is 0 Å². The predicted molar refractivity (Wildman–Crippen MR) is 82.5 cm³/mol. The van der Waals surface area contributed by atoms with Crippen LogP contribution in [0.3, 0.4) is 0 Å². The summed E-state index contributed by atoms with van der Waals surface area (Å²) in [5, 5.41) is 0. The number of carbonyl (C=O) groups excluding carboxylic acids is 2. The van der Waals surface area contributed by atoms with Crippen LogP contribution >= 0.6 is 0 Å². The highest BCUT2D eigenvalue weighted by atomic mass is 16.2. The highest BCUT2D eigenvalue weighted by molar-refractivity contribution is 5.83. The Labute approximate surface area is 126 Å². The maximum atomic E-state index is 12.6. The Bertz CT molecular complexity index is 481. The molecule has 0 N–H and O–H groups in total. The number of unbranched alkanes of at least 4 members (excludes halogenated alkanes) is 1. The molecule has 0 spiro atoms. The van der Waals surface area contributed by atoms with Crippen LogP contribution in [-0.2, 0) is 16.1 Å². The Kier molecular flexibility index (Phi) is 5.37. The second kappa shape index (κ2) is 7.25. The molecule has 2 amide bonds. The number of benzene rings is 1. The van der Waals surface area contributed by atoms with Gasteiger partial charge in [-0.15, -0.1) is 0 Å². The van der Waals surface area contributed by atoms with E-state index in [2.05, 4.69) is 19.1 Å². The second-order valence-electron chi connectivity index (χ2n) is 5.72. The quantitative estimate of drug-likeness (QED) is 0.806. The molecule has 0 aromatic heterocycles.